The van der Waals surface area contributed by atoms with Gasteiger partial charge in [-0.2, -0.15) is 0 Å². The summed E-state index contributed by atoms with van der Waals surface area (Å²) >= 11 is 0. The minimum Gasteiger partial charge on any atom is -0.508 e. The molecule has 7 nitrogen and oxygen atoms in total. The Labute approximate surface area is 253 Å². The number of hydrogen-bond donors (Lipinski definition) is 2. The highest BCUT2D eigenvalue weighted by Crippen LogP contribution is 2.34. The third kappa shape index (κ3) is 10.6. The van der Waals surface area contributed by atoms with E-state index in [0.717, 1.165) is 23.2 Å². The molecule has 0 unspecified atom stereocenters. The van der Waals surface area contributed by atoms with Gasteiger partial charge in [-0.3, -0.25) is 9.69 Å². The van der Waals surface area contributed by atoms with Crippen molar-refractivity contribution in [1.29, 1.82) is 0 Å². The van der Waals surface area contributed by atoms with Gasteiger partial charge in [0, 0.05) is 23.8 Å². The second-order valence-electron chi connectivity index (χ2n) is 11.7. The minimum absolute atomic E-state index is 0.142. The number of phenolic OH excluding ortho intramolecular Hbond substituents is 1. The Hall–Kier alpha value is -3.06. The molecule has 2 aromatic rings. The van der Waals surface area contributed by atoms with E-state index in [2.05, 4.69) is 17.1 Å². The van der Waals surface area contributed by atoms with Crippen molar-refractivity contribution in [3.05, 3.63) is 47.0 Å². The summed E-state index contributed by atoms with van der Waals surface area (Å²) < 4.78 is 11.1. The number of anilines is 1. The zero-order valence-corrected chi connectivity index (χ0v) is 26.3. The van der Waals surface area contributed by atoms with Crippen LogP contribution >= 0.6 is 0 Å². The fourth-order valence-electron chi connectivity index (χ4n) is 5.94. The van der Waals surface area contributed by atoms with Crippen LogP contribution in [0.15, 0.2) is 30.3 Å². The van der Waals surface area contributed by atoms with Crippen LogP contribution < -0.4 is 10.1 Å². The van der Waals surface area contributed by atoms with Gasteiger partial charge >= 0.3 is 11.9 Å². The second kappa shape index (κ2) is 17.8. The molecule has 1 saturated carbocycles. The molecule has 1 aliphatic carbocycles. The first-order valence-electron chi connectivity index (χ1n) is 16.2. The van der Waals surface area contributed by atoms with Crippen LogP contribution in [0.3, 0.4) is 0 Å². The van der Waals surface area contributed by atoms with Crippen molar-refractivity contribution >= 4 is 17.6 Å². The molecule has 3 rings (SSSR count). The topological polar surface area (TPSA) is 88.1 Å². The van der Waals surface area contributed by atoms with Crippen molar-refractivity contribution in [2.45, 2.75) is 124 Å². The molecule has 0 spiro atoms. The average Bonchev–Trinajstić information content (AvgIpc) is 2.97. The Morgan fingerprint density at radius 2 is 1.55 bits per heavy atom. The lowest BCUT2D eigenvalue weighted by Gasteiger charge is -2.34. The van der Waals surface area contributed by atoms with Gasteiger partial charge in [0.15, 0.2) is 0 Å². The van der Waals surface area contributed by atoms with Crippen molar-refractivity contribution in [1.82, 2.24) is 4.90 Å². The molecular weight excluding hydrogens is 528 g/mol. The SMILES string of the molecule is CCCCCCCCCCN(Cc1cc(Oc2c(C)cc(NC(=O)C(=O)OCC)cc2C)ccc1O)C1CCCCC1. The maximum atomic E-state index is 12.1. The van der Waals surface area contributed by atoms with E-state index in [1.165, 1.54) is 83.5 Å². The third-order valence-corrected chi connectivity index (χ3v) is 8.21. The number of nitrogens with one attached hydrogen (secondary N) is 1. The van der Waals surface area contributed by atoms with Gasteiger partial charge in [0.2, 0.25) is 0 Å². The van der Waals surface area contributed by atoms with Gasteiger partial charge < -0.3 is 19.9 Å². The Morgan fingerprint density at radius 3 is 2.19 bits per heavy atom. The quantitative estimate of drug-likeness (QED) is 0.117. The van der Waals surface area contributed by atoms with Crippen molar-refractivity contribution in [2.24, 2.45) is 0 Å². The highest BCUT2D eigenvalue weighted by molar-refractivity contribution is 6.37. The molecular formula is C35H52N2O5. The van der Waals surface area contributed by atoms with E-state index >= 15 is 0 Å². The van der Waals surface area contributed by atoms with E-state index in [1.807, 2.05) is 19.9 Å². The van der Waals surface area contributed by atoms with Crippen LogP contribution in [0.1, 0.15) is 114 Å². The highest BCUT2D eigenvalue weighted by atomic mass is 16.5. The lowest BCUT2D eigenvalue weighted by atomic mass is 9.93. The number of rotatable bonds is 16. The number of nitrogens with zero attached hydrogens (tertiary/aromatic N) is 1. The predicted octanol–water partition coefficient (Wildman–Crippen LogP) is 8.58. The number of phenols is 1. The Balaban J connectivity index is 1.66. The molecule has 0 radical (unpaired) electrons. The molecule has 1 aliphatic rings. The first-order chi connectivity index (χ1) is 20.3. The van der Waals surface area contributed by atoms with Crippen LogP contribution in [0.2, 0.25) is 0 Å². The van der Waals surface area contributed by atoms with Crippen LogP contribution in [0.4, 0.5) is 5.69 Å². The number of unbranched alkanes of at least 4 members (excludes halogenated alkanes) is 7. The number of ether oxygens (including phenoxy) is 2. The van der Waals surface area contributed by atoms with Crippen molar-refractivity contribution in [2.75, 3.05) is 18.5 Å². The van der Waals surface area contributed by atoms with Crippen LogP contribution in [-0.2, 0) is 20.9 Å². The number of hydrogen-bond acceptors (Lipinski definition) is 6. The summed E-state index contributed by atoms with van der Waals surface area (Å²) in [5.74, 6) is -0.0715. The summed E-state index contributed by atoms with van der Waals surface area (Å²) in [4.78, 5) is 26.4. The summed E-state index contributed by atoms with van der Waals surface area (Å²) in [6.45, 7) is 9.63. The van der Waals surface area contributed by atoms with Gasteiger partial charge in [-0.25, -0.2) is 4.79 Å². The molecule has 1 fully saturated rings. The zero-order chi connectivity index (χ0) is 30.3. The summed E-state index contributed by atoms with van der Waals surface area (Å²) in [6.07, 6.45) is 16.8. The molecule has 0 bridgehead atoms. The van der Waals surface area contributed by atoms with Crippen molar-refractivity contribution in [3.63, 3.8) is 0 Å². The van der Waals surface area contributed by atoms with Crippen LogP contribution in [0, 0.1) is 13.8 Å². The Morgan fingerprint density at radius 1 is 0.905 bits per heavy atom. The molecule has 0 aromatic heterocycles. The smallest absolute Gasteiger partial charge is 0.397 e. The summed E-state index contributed by atoms with van der Waals surface area (Å²) in [7, 11) is 0. The van der Waals surface area contributed by atoms with E-state index in [4.69, 9.17) is 9.47 Å². The molecule has 7 heteroatoms. The van der Waals surface area contributed by atoms with E-state index in [0.29, 0.717) is 35.5 Å². The second-order valence-corrected chi connectivity index (χ2v) is 11.7. The lowest BCUT2D eigenvalue weighted by molar-refractivity contribution is -0.152. The largest absolute Gasteiger partial charge is 0.508 e. The van der Waals surface area contributed by atoms with Gasteiger partial charge in [0.05, 0.1) is 6.61 Å². The van der Waals surface area contributed by atoms with E-state index < -0.39 is 11.9 Å². The molecule has 1 amide bonds. The van der Waals surface area contributed by atoms with Crippen molar-refractivity contribution < 1.29 is 24.2 Å². The van der Waals surface area contributed by atoms with Crippen LogP contribution in [0.25, 0.3) is 0 Å². The number of esters is 1. The molecule has 232 valence electrons. The summed E-state index contributed by atoms with van der Waals surface area (Å²) in [5, 5.41) is 13.4. The zero-order valence-electron chi connectivity index (χ0n) is 26.3. The van der Waals surface area contributed by atoms with Gasteiger partial charge in [-0.15, -0.1) is 0 Å². The monoisotopic (exact) mass is 580 g/mol. The summed E-state index contributed by atoms with van der Waals surface area (Å²) in [5.41, 5.74) is 3.03. The van der Waals surface area contributed by atoms with Gasteiger partial charge in [0.1, 0.15) is 17.2 Å². The van der Waals surface area contributed by atoms with E-state index in [9.17, 15) is 14.7 Å². The minimum atomic E-state index is -0.908. The number of aromatic hydroxyl groups is 1. The lowest BCUT2D eigenvalue weighted by Crippen LogP contribution is -2.37. The molecule has 0 saturated heterocycles. The number of amides is 1. The van der Waals surface area contributed by atoms with Crippen molar-refractivity contribution in [3.8, 4) is 17.2 Å². The first-order valence-corrected chi connectivity index (χ1v) is 16.2. The Bertz CT molecular complexity index is 1120. The number of benzene rings is 2. The molecule has 42 heavy (non-hydrogen) atoms. The average molecular weight is 581 g/mol. The molecule has 2 N–H and O–H groups in total. The van der Waals surface area contributed by atoms with Gasteiger partial charge in [-0.1, -0.05) is 71.1 Å². The van der Waals surface area contributed by atoms with Gasteiger partial charge in [-0.05, 0) is 88.0 Å². The summed E-state index contributed by atoms with van der Waals surface area (Å²) in [6, 6.07) is 9.57. The molecule has 0 heterocycles. The van der Waals surface area contributed by atoms with E-state index in [1.54, 1.807) is 31.2 Å². The third-order valence-electron chi connectivity index (χ3n) is 8.21. The van der Waals surface area contributed by atoms with Crippen LogP contribution in [-0.4, -0.2) is 41.1 Å². The molecule has 2 aromatic carbocycles. The number of carbonyl (C=O) groups is 2. The fourth-order valence-corrected chi connectivity index (χ4v) is 5.94. The predicted molar refractivity (Wildman–Crippen MR) is 169 cm³/mol. The fraction of sp³-hybridized carbons (Fsp3) is 0.600. The maximum absolute atomic E-state index is 12.1. The number of aryl methyl sites for hydroxylation is 2. The maximum Gasteiger partial charge on any atom is 0.397 e. The normalized spacial score (nSPS) is 13.7. The Kier molecular flexibility index (Phi) is 14.2. The highest BCUT2D eigenvalue weighted by Gasteiger charge is 2.22. The van der Waals surface area contributed by atoms with Gasteiger partial charge in [0.25, 0.3) is 0 Å². The van der Waals surface area contributed by atoms with Crippen LogP contribution in [0.5, 0.6) is 17.2 Å². The molecule has 0 aliphatic heterocycles. The number of carbonyl (C=O) groups excluding carboxylic acids is 2. The molecule has 0 atom stereocenters. The first kappa shape index (κ1) is 33.4. The standard InChI is InChI=1S/C35H52N2O5/c1-5-7-8-9-10-11-12-16-21-37(30-17-14-13-15-18-30)25-28-24-31(19-20-32(28)38)42-33-26(3)22-29(23-27(33)4)36-34(39)35(40)41-6-2/h19-20,22-24,30,38H,5-18,21,25H2,1-4H3,(H,36,39). The van der Waals surface area contributed by atoms with E-state index in [-0.39, 0.29) is 6.61 Å².